The zero-order valence-corrected chi connectivity index (χ0v) is 14.0. The van der Waals surface area contributed by atoms with Crippen LogP contribution < -0.4 is 5.32 Å². The quantitative estimate of drug-likeness (QED) is 0.786. The number of carboxylic acid groups (broad SMARTS) is 1. The first kappa shape index (κ1) is 18.0. The van der Waals surface area contributed by atoms with Gasteiger partial charge in [-0.15, -0.1) is 0 Å². The SMILES string of the molecule is CC1CCCN(CC(C)(C)C(=O)NC(C(=O)O)C(C)C)C1. The fourth-order valence-corrected chi connectivity index (χ4v) is 2.91. The Kier molecular flexibility index (Phi) is 6.20. The summed E-state index contributed by atoms with van der Waals surface area (Å²) in [6.07, 6.45) is 2.42. The highest BCUT2D eigenvalue weighted by Crippen LogP contribution is 2.23. The molecule has 2 atom stereocenters. The van der Waals surface area contributed by atoms with Crippen molar-refractivity contribution in [2.75, 3.05) is 19.6 Å². The fourth-order valence-electron chi connectivity index (χ4n) is 2.91. The van der Waals surface area contributed by atoms with Crippen molar-refractivity contribution < 1.29 is 14.7 Å². The standard InChI is InChI=1S/C16H30N2O3/c1-11(2)13(14(19)20)17-15(21)16(4,5)10-18-8-6-7-12(3)9-18/h11-13H,6-10H2,1-5H3,(H,17,21)(H,19,20). The number of carboxylic acids is 1. The van der Waals surface area contributed by atoms with E-state index in [1.54, 1.807) is 13.8 Å². The van der Waals surface area contributed by atoms with Crippen molar-refractivity contribution in [3.8, 4) is 0 Å². The minimum atomic E-state index is -0.972. The minimum Gasteiger partial charge on any atom is -0.480 e. The number of amides is 1. The number of rotatable bonds is 6. The average molecular weight is 298 g/mol. The molecule has 0 bridgehead atoms. The Morgan fingerprint density at radius 2 is 2.00 bits per heavy atom. The summed E-state index contributed by atoms with van der Waals surface area (Å²) >= 11 is 0. The van der Waals surface area contributed by atoms with E-state index in [2.05, 4.69) is 17.1 Å². The van der Waals surface area contributed by atoms with Crippen LogP contribution in [-0.2, 0) is 9.59 Å². The van der Waals surface area contributed by atoms with Crippen LogP contribution in [0.4, 0.5) is 0 Å². The van der Waals surface area contributed by atoms with Gasteiger partial charge in [-0.3, -0.25) is 4.79 Å². The summed E-state index contributed by atoms with van der Waals surface area (Å²) in [5.74, 6) is -0.611. The fraction of sp³-hybridized carbons (Fsp3) is 0.875. The molecule has 1 heterocycles. The number of carbonyl (C=O) groups excluding carboxylic acids is 1. The van der Waals surface area contributed by atoms with E-state index in [4.69, 9.17) is 0 Å². The van der Waals surface area contributed by atoms with Crippen molar-refractivity contribution in [1.29, 1.82) is 0 Å². The van der Waals surface area contributed by atoms with Gasteiger partial charge in [-0.05, 0) is 45.1 Å². The van der Waals surface area contributed by atoms with Crippen LogP contribution in [0.5, 0.6) is 0 Å². The number of hydrogen-bond acceptors (Lipinski definition) is 3. The van der Waals surface area contributed by atoms with Crippen LogP contribution in [0.15, 0.2) is 0 Å². The van der Waals surface area contributed by atoms with Gasteiger partial charge in [-0.1, -0.05) is 20.8 Å². The normalized spacial score (nSPS) is 22.1. The number of nitrogens with zero attached hydrogens (tertiary/aromatic N) is 1. The van der Waals surface area contributed by atoms with Gasteiger partial charge in [0, 0.05) is 13.1 Å². The lowest BCUT2D eigenvalue weighted by Gasteiger charge is -2.37. The predicted octanol–water partition coefficient (Wildman–Crippen LogP) is 1.97. The van der Waals surface area contributed by atoms with Crippen molar-refractivity contribution in [2.45, 2.75) is 53.5 Å². The molecule has 1 amide bonds. The Morgan fingerprint density at radius 1 is 1.38 bits per heavy atom. The molecule has 1 fully saturated rings. The molecule has 0 saturated carbocycles. The second-order valence-electron chi connectivity index (χ2n) is 7.40. The van der Waals surface area contributed by atoms with E-state index in [9.17, 15) is 14.7 Å². The van der Waals surface area contributed by atoms with Crippen LogP contribution in [0.2, 0.25) is 0 Å². The van der Waals surface area contributed by atoms with E-state index in [1.165, 1.54) is 12.8 Å². The predicted molar refractivity (Wildman–Crippen MR) is 83.0 cm³/mol. The molecule has 1 saturated heterocycles. The molecular formula is C16H30N2O3. The van der Waals surface area contributed by atoms with E-state index >= 15 is 0 Å². The second-order valence-corrected chi connectivity index (χ2v) is 7.40. The number of carbonyl (C=O) groups is 2. The first-order valence-corrected chi connectivity index (χ1v) is 7.89. The van der Waals surface area contributed by atoms with Gasteiger partial charge in [-0.2, -0.15) is 0 Å². The highest BCUT2D eigenvalue weighted by atomic mass is 16.4. The number of likely N-dealkylation sites (tertiary alicyclic amines) is 1. The summed E-state index contributed by atoms with van der Waals surface area (Å²) in [7, 11) is 0. The maximum Gasteiger partial charge on any atom is 0.326 e. The zero-order chi connectivity index (χ0) is 16.2. The minimum absolute atomic E-state index is 0.128. The van der Waals surface area contributed by atoms with Gasteiger partial charge in [-0.25, -0.2) is 4.79 Å². The summed E-state index contributed by atoms with van der Waals surface area (Å²) < 4.78 is 0. The van der Waals surface area contributed by atoms with Gasteiger partial charge in [0.1, 0.15) is 6.04 Å². The third-order valence-electron chi connectivity index (χ3n) is 4.19. The molecule has 5 nitrogen and oxygen atoms in total. The number of aliphatic carboxylic acids is 1. The monoisotopic (exact) mass is 298 g/mol. The molecule has 0 aromatic rings. The van der Waals surface area contributed by atoms with Crippen LogP contribution in [0.25, 0.3) is 0 Å². The Bertz CT molecular complexity index is 380. The molecule has 0 radical (unpaired) electrons. The maximum atomic E-state index is 12.4. The van der Waals surface area contributed by atoms with E-state index in [1.807, 2.05) is 13.8 Å². The van der Waals surface area contributed by atoms with Crippen molar-refractivity contribution in [1.82, 2.24) is 10.2 Å². The molecule has 122 valence electrons. The number of piperidine rings is 1. The lowest BCUT2D eigenvalue weighted by Crippen LogP contribution is -2.52. The van der Waals surface area contributed by atoms with Crippen molar-refractivity contribution >= 4 is 11.9 Å². The summed E-state index contributed by atoms with van der Waals surface area (Å²) in [5, 5.41) is 11.9. The van der Waals surface area contributed by atoms with Gasteiger partial charge in [0.2, 0.25) is 5.91 Å². The van der Waals surface area contributed by atoms with Crippen LogP contribution in [0.3, 0.4) is 0 Å². The van der Waals surface area contributed by atoms with Crippen molar-refractivity contribution in [2.24, 2.45) is 17.3 Å². The second kappa shape index (κ2) is 7.25. The summed E-state index contributed by atoms with van der Waals surface area (Å²) in [6.45, 7) is 12.3. The molecule has 1 aliphatic rings. The van der Waals surface area contributed by atoms with Crippen molar-refractivity contribution in [3.05, 3.63) is 0 Å². The lowest BCUT2D eigenvalue weighted by molar-refractivity contribution is -0.145. The molecule has 21 heavy (non-hydrogen) atoms. The van der Waals surface area contributed by atoms with Crippen LogP contribution >= 0.6 is 0 Å². The van der Waals surface area contributed by atoms with E-state index in [-0.39, 0.29) is 11.8 Å². The van der Waals surface area contributed by atoms with E-state index < -0.39 is 17.4 Å². The Balaban J connectivity index is 2.63. The largest absolute Gasteiger partial charge is 0.480 e. The Labute approximate surface area is 128 Å². The zero-order valence-electron chi connectivity index (χ0n) is 14.0. The Hall–Kier alpha value is -1.10. The first-order valence-electron chi connectivity index (χ1n) is 7.89. The molecular weight excluding hydrogens is 268 g/mol. The highest BCUT2D eigenvalue weighted by molar-refractivity contribution is 5.87. The van der Waals surface area contributed by atoms with Crippen LogP contribution in [-0.4, -0.2) is 47.6 Å². The molecule has 2 N–H and O–H groups in total. The first-order chi connectivity index (χ1) is 9.63. The lowest BCUT2D eigenvalue weighted by atomic mass is 9.88. The molecule has 0 aliphatic carbocycles. The Morgan fingerprint density at radius 3 is 2.48 bits per heavy atom. The summed E-state index contributed by atoms with van der Waals surface area (Å²) in [4.78, 5) is 26.0. The highest BCUT2D eigenvalue weighted by Gasteiger charge is 2.34. The molecule has 0 aromatic carbocycles. The average Bonchev–Trinajstić information content (AvgIpc) is 2.34. The van der Waals surface area contributed by atoms with Gasteiger partial charge in [0.25, 0.3) is 0 Å². The maximum absolute atomic E-state index is 12.4. The van der Waals surface area contributed by atoms with Crippen LogP contribution in [0.1, 0.15) is 47.5 Å². The molecule has 1 rings (SSSR count). The number of hydrogen-bond donors (Lipinski definition) is 2. The third-order valence-corrected chi connectivity index (χ3v) is 4.19. The molecule has 1 aliphatic heterocycles. The topological polar surface area (TPSA) is 69.6 Å². The molecule has 0 spiro atoms. The van der Waals surface area contributed by atoms with Gasteiger partial charge < -0.3 is 15.3 Å². The third kappa shape index (κ3) is 5.30. The van der Waals surface area contributed by atoms with E-state index in [0.717, 1.165) is 13.1 Å². The summed E-state index contributed by atoms with van der Waals surface area (Å²) in [6, 6.07) is -0.822. The molecule has 0 aromatic heterocycles. The molecule has 5 heteroatoms. The smallest absolute Gasteiger partial charge is 0.326 e. The van der Waals surface area contributed by atoms with Gasteiger partial charge in [0.05, 0.1) is 5.41 Å². The van der Waals surface area contributed by atoms with Gasteiger partial charge >= 0.3 is 5.97 Å². The van der Waals surface area contributed by atoms with Gasteiger partial charge in [0.15, 0.2) is 0 Å². The number of nitrogens with one attached hydrogen (secondary N) is 1. The van der Waals surface area contributed by atoms with E-state index in [0.29, 0.717) is 12.5 Å². The van der Waals surface area contributed by atoms with Crippen LogP contribution in [0, 0.1) is 17.3 Å². The summed E-state index contributed by atoms with van der Waals surface area (Å²) in [5.41, 5.74) is -0.584. The van der Waals surface area contributed by atoms with Crippen molar-refractivity contribution in [3.63, 3.8) is 0 Å². The molecule has 2 unspecified atom stereocenters.